The van der Waals surface area contributed by atoms with Gasteiger partial charge in [-0.05, 0) is 26.7 Å². The number of aliphatic imine (C=N–C) groups is 1. The van der Waals surface area contributed by atoms with Gasteiger partial charge >= 0.3 is 0 Å². The summed E-state index contributed by atoms with van der Waals surface area (Å²) in [6.45, 7) is 14.9. The summed E-state index contributed by atoms with van der Waals surface area (Å²) in [7, 11) is 1.72. The highest BCUT2D eigenvalue weighted by Crippen LogP contribution is 2.12. The van der Waals surface area contributed by atoms with Gasteiger partial charge in [-0.2, -0.15) is 0 Å². The van der Waals surface area contributed by atoms with E-state index in [1.807, 2.05) is 20.8 Å². The Balaban J connectivity index is 2.44. The van der Waals surface area contributed by atoms with E-state index >= 15 is 0 Å². The number of hydrogen-bond acceptors (Lipinski definition) is 4. The SMILES string of the molecule is CN=C(NCC(=O)NC(C)(C)C)NCC(C(C)C)N1CCOCC1. The minimum Gasteiger partial charge on any atom is -0.379 e. The molecule has 1 rings (SSSR count). The maximum Gasteiger partial charge on any atom is 0.239 e. The third-order valence-electron chi connectivity index (χ3n) is 3.92. The van der Waals surface area contributed by atoms with Gasteiger partial charge < -0.3 is 20.7 Å². The van der Waals surface area contributed by atoms with Gasteiger partial charge in [-0.15, -0.1) is 0 Å². The Kier molecular flexibility index (Phi) is 8.48. The number of nitrogens with one attached hydrogen (secondary N) is 3. The number of ether oxygens (including phenoxy) is 1. The molecular weight excluding hydrogens is 306 g/mol. The van der Waals surface area contributed by atoms with Gasteiger partial charge in [-0.25, -0.2) is 0 Å². The van der Waals surface area contributed by atoms with Crippen LogP contribution in [0, 0.1) is 5.92 Å². The van der Waals surface area contributed by atoms with Crippen LogP contribution in [0.1, 0.15) is 34.6 Å². The Bertz CT molecular complexity index is 412. The molecule has 1 fully saturated rings. The van der Waals surface area contributed by atoms with Gasteiger partial charge in [0.15, 0.2) is 5.96 Å². The maximum absolute atomic E-state index is 11.9. The number of rotatable bonds is 6. The molecule has 0 spiro atoms. The number of guanidine groups is 1. The average molecular weight is 342 g/mol. The zero-order valence-corrected chi connectivity index (χ0v) is 16.1. The molecule has 1 aliphatic rings. The molecule has 1 atom stereocenters. The molecule has 3 N–H and O–H groups in total. The van der Waals surface area contributed by atoms with Crippen LogP contribution in [0.5, 0.6) is 0 Å². The van der Waals surface area contributed by atoms with E-state index in [0.29, 0.717) is 17.9 Å². The first-order chi connectivity index (χ1) is 11.2. The Labute approximate surface area is 146 Å². The van der Waals surface area contributed by atoms with Gasteiger partial charge in [0.25, 0.3) is 0 Å². The smallest absolute Gasteiger partial charge is 0.239 e. The van der Waals surface area contributed by atoms with Crippen molar-refractivity contribution in [1.29, 1.82) is 0 Å². The number of morpholine rings is 1. The lowest BCUT2D eigenvalue weighted by Gasteiger charge is -2.37. The second kappa shape index (κ2) is 9.84. The van der Waals surface area contributed by atoms with Crippen LogP contribution in [0.25, 0.3) is 0 Å². The quantitative estimate of drug-likeness (QED) is 0.482. The van der Waals surface area contributed by atoms with Crippen molar-refractivity contribution in [1.82, 2.24) is 20.9 Å². The molecule has 1 heterocycles. The van der Waals surface area contributed by atoms with E-state index in [0.717, 1.165) is 32.8 Å². The molecule has 0 radical (unpaired) electrons. The molecule has 7 nitrogen and oxygen atoms in total. The lowest BCUT2D eigenvalue weighted by Crippen LogP contribution is -2.53. The van der Waals surface area contributed by atoms with Crippen LogP contribution < -0.4 is 16.0 Å². The van der Waals surface area contributed by atoms with Crippen molar-refractivity contribution in [2.75, 3.05) is 46.4 Å². The normalized spacial score (nSPS) is 18.4. The van der Waals surface area contributed by atoms with Gasteiger partial charge in [0.1, 0.15) is 0 Å². The van der Waals surface area contributed by atoms with E-state index < -0.39 is 0 Å². The predicted molar refractivity (Wildman–Crippen MR) is 98.3 cm³/mol. The third kappa shape index (κ3) is 7.97. The van der Waals surface area contributed by atoms with Crippen LogP contribution >= 0.6 is 0 Å². The number of nitrogens with zero attached hydrogens (tertiary/aromatic N) is 2. The summed E-state index contributed by atoms with van der Waals surface area (Å²) in [5, 5.41) is 9.34. The lowest BCUT2D eigenvalue weighted by atomic mass is 10.0. The van der Waals surface area contributed by atoms with Gasteiger partial charge in [0.05, 0.1) is 19.8 Å². The van der Waals surface area contributed by atoms with Crippen molar-refractivity contribution in [3.05, 3.63) is 0 Å². The van der Waals surface area contributed by atoms with Crippen LogP contribution in [-0.4, -0.2) is 74.8 Å². The van der Waals surface area contributed by atoms with Gasteiger partial charge in [-0.1, -0.05) is 13.8 Å². The zero-order chi connectivity index (χ0) is 18.2. The lowest BCUT2D eigenvalue weighted by molar-refractivity contribution is -0.121. The standard InChI is InChI=1S/C17H35N5O2/c1-13(2)14(22-7-9-24-10-8-22)11-19-16(18-6)20-12-15(23)21-17(3,4)5/h13-14H,7-12H2,1-6H3,(H,21,23)(H2,18,19,20). The van der Waals surface area contributed by atoms with Crippen LogP contribution in [0.2, 0.25) is 0 Å². The molecule has 0 aromatic carbocycles. The summed E-state index contributed by atoms with van der Waals surface area (Å²) in [5.41, 5.74) is -0.227. The monoisotopic (exact) mass is 341 g/mol. The van der Waals surface area contributed by atoms with Gasteiger partial charge in [0, 0.05) is 38.3 Å². The zero-order valence-electron chi connectivity index (χ0n) is 16.1. The highest BCUT2D eigenvalue weighted by molar-refractivity contribution is 5.86. The first-order valence-electron chi connectivity index (χ1n) is 8.80. The van der Waals surface area contributed by atoms with Crippen LogP contribution in [0.3, 0.4) is 0 Å². The van der Waals surface area contributed by atoms with E-state index in [4.69, 9.17) is 4.74 Å². The van der Waals surface area contributed by atoms with Crippen molar-refractivity contribution in [2.45, 2.75) is 46.2 Å². The molecule has 1 amide bonds. The number of amides is 1. The summed E-state index contributed by atoms with van der Waals surface area (Å²) < 4.78 is 5.44. The summed E-state index contributed by atoms with van der Waals surface area (Å²) >= 11 is 0. The molecule has 140 valence electrons. The third-order valence-corrected chi connectivity index (χ3v) is 3.92. The second-order valence-corrected chi connectivity index (χ2v) is 7.56. The van der Waals surface area contributed by atoms with Crippen molar-refractivity contribution >= 4 is 11.9 Å². The van der Waals surface area contributed by atoms with Crippen LogP contribution in [0.4, 0.5) is 0 Å². The summed E-state index contributed by atoms with van der Waals surface area (Å²) in [5.74, 6) is 1.13. The molecule has 0 aromatic rings. The molecule has 0 aliphatic carbocycles. The van der Waals surface area contributed by atoms with E-state index in [1.54, 1.807) is 7.05 Å². The number of carbonyl (C=O) groups excluding carboxylic acids is 1. The van der Waals surface area contributed by atoms with Crippen molar-refractivity contribution in [2.24, 2.45) is 10.9 Å². The topological polar surface area (TPSA) is 78.0 Å². The minimum absolute atomic E-state index is 0.0426. The fourth-order valence-corrected chi connectivity index (χ4v) is 2.74. The molecular formula is C17H35N5O2. The van der Waals surface area contributed by atoms with Crippen LogP contribution in [-0.2, 0) is 9.53 Å². The van der Waals surface area contributed by atoms with E-state index in [-0.39, 0.29) is 18.0 Å². The fraction of sp³-hybridized carbons (Fsp3) is 0.882. The van der Waals surface area contributed by atoms with E-state index in [2.05, 4.69) is 39.7 Å². The second-order valence-electron chi connectivity index (χ2n) is 7.56. The molecule has 7 heteroatoms. The first-order valence-corrected chi connectivity index (χ1v) is 8.80. The Morgan fingerprint density at radius 2 is 1.83 bits per heavy atom. The average Bonchev–Trinajstić information content (AvgIpc) is 2.49. The minimum atomic E-state index is -0.227. The van der Waals surface area contributed by atoms with Crippen molar-refractivity contribution < 1.29 is 9.53 Å². The van der Waals surface area contributed by atoms with Crippen molar-refractivity contribution in [3.63, 3.8) is 0 Å². The highest BCUT2D eigenvalue weighted by Gasteiger charge is 2.24. The molecule has 0 saturated carbocycles. The molecule has 24 heavy (non-hydrogen) atoms. The maximum atomic E-state index is 11.9. The highest BCUT2D eigenvalue weighted by atomic mass is 16.5. The molecule has 1 saturated heterocycles. The Hall–Kier alpha value is -1.34. The molecule has 0 bridgehead atoms. The molecule has 1 aliphatic heterocycles. The fourth-order valence-electron chi connectivity index (χ4n) is 2.74. The van der Waals surface area contributed by atoms with E-state index in [9.17, 15) is 4.79 Å². The summed E-state index contributed by atoms with van der Waals surface area (Å²) in [4.78, 5) is 18.6. The van der Waals surface area contributed by atoms with Gasteiger partial charge in [-0.3, -0.25) is 14.7 Å². The number of hydrogen-bond donors (Lipinski definition) is 3. The largest absolute Gasteiger partial charge is 0.379 e. The van der Waals surface area contributed by atoms with Crippen molar-refractivity contribution in [3.8, 4) is 0 Å². The van der Waals surface area contributed by atoms with Gasteiger partial charge in [0.2, 0.25) is 5.91 Å². The summed E-state index contributed by atoms with van der Waals surface area (Å²) in [6, 6.07) is 0.413. The molecule has 0 aromatic heterocycles. The van der Waals surface area contributed by atoms with E-state index in [1.165, 1.54) is 0 Å². The Morgan fingerprint density at radius 3 is 2.33 bits per heavy atom. The number of carbonyl (C=O) groups is 1. The predicted octanol–water partition coefficient (Wildman–Crippen LogP) is 0.423. The van der Waals surface area contributed by atoms with Crippen LogP contribution in [0.15, 0.2) is 4.99 Å². The Morgan fingerprint density at radius 1 is 1.21 bits per heavy atom. The molecule has 1 unspecified atom stereocenters. The summed E-state index contributed by atoms with van der Waals surface area (Å²) in [6.07, 6.45) is 0. The first kappa shape index (κ1) is 20.7.